The third-order valence-electron chi connectivity index (χ3n) is 3.58. The molecule has 1 atom stereocenters. The van der Waals surface area contributed by atoms with E-state index in [1.807, 2.05) is 36.9 Å². The van der Waals surface area contributed by atoms with Crippen LogP contribution in [-0.2, 0) is 13.5 Å². The molecule has 0 aliphatic heterocycles. The lowest BCUT2D eigenvalue weighted by Crippen LogP contribution is -2.25. The van der Waals surface area contributed by atoms with Gasteiger partial charge in [0.1, 0.15) is 0 Å². The second-order valence-electron chi connectivity index (χ2n) is 5.20. The summed E-state index contributed by atoms with van der Waals surface area (Å²) in [6.07, 6.45) is 1.83. The Bertz CT molecular complexity index is 608. The second-order valence-corrected chi connectivity index (χ2v) is 5.99. The summed E-state index contributed by atoms with van der Waals surface area (Å²) in [6, 6.07) is 8.08. The Kier molecular flexibility index (Phi) is 5.68. The number of aromatic nitrogens is 2. The number of aryl methyl sites for hydroxylation is 2. The fraction of sp³-hybridized carbons (Fsp3) is 0.438. The summed E-state index contributed by atoms with van der Waals surface area (Å²) >= 11 is 12.7. The molecule has 0 aliphatic rings. The number of nitrogens with one attached hydrogen (secondary N) is 1. The molecule has 0 saturated carbocycles. The quantitative estimate of drug-likeness (QED) is 0.857. The zero-order valence-electron chi connectivity index (χ0n) is 12.7. The van der Waals surface area contributed by atoms with Gasteiger partial charge in [-0.25, -0.2) is 0 Å². The summed E-state index contributed by atoms with van der Waals surface area (Å²) in [5.74, 6) is 0. The van der Waals surface area contributed by atoms with Crippen LogP contribution < -0.4 is 5.32 Å². The summed E-state index contributed by atoms with van der Waals surface area (Å²) < 4.78 is 1.86. The van der Waals surface area contributed by atoms with E-state index < -0.39 is 0 Å². The van der Waals surface area contributed by atoms with Crippen molar-refractivity contribution in [1.82, 2.24) is 15.1 Å². The maximum atomic E-state index is 6.38. The first kappa shape index (κ1) is 16.3. The van der Waals surface area contributed by atoms with Crippen molar-refractivity contribution in [3.8, 4) is 0 Å². The minimum atomic E-state index is 0.131. The molecule has 1 N–H and O–H groups in total. The van der Waals surface area contributed by atoms with Gasteiger partial charge in [0.25, 0.3) is 0 Å². The molecule has 0 amide bonds. The molecule has 1 aromatic heterocycles. The highest BCUT2D eigenvalue weighted by molar-refractivity contribution is 6.32. The smallest absolute Gasteiger partial charge is 0.0847 e. The van der Waals surface area contributed by atoms with E-state index in [1.54, 1.807) is 0 Å². The summed E-state index contributed by atoms with van der Waals surface area (Å²) in [6.45, 7) is 5.01. The van der Waals surface area contributed by atoms with Crippen molar-refractivity contribution in [2.75, 3.05) is 6.54 Å². The fourth-order valence-corrected chi connectivity index (χ4v) is 2.97. The highest BCUT2D eigenvalue weighted by Crippen LogP contribution is 2.29. The zero-order valence-corrected chi connectivity index (χ0v) is 14.2. The van der Waals surface area contributed by atoms with Crippen molar-refractivity contribution in [3.05, 3.63) is 51.3 Å². The fourth-order valence-electron chi connectivity index (χ4n) is 2.46. The Morgan fingerprint density at radius 3 is 2.57 bits per heavy atom. The Hall–Kier alpha value is -1.03. The van der Waals surface area contributed by atoms with Crippen LogP contribution in [0.25, 0.3) is 0 Å². The van der Waals surface area contributed by atoms with Gasteiger partial charge in [-0.05, 0) is 31.5 Å². The molecule has 0 saturated heterocycles. The molecular formula is C16H21Cl2N3. The van der Waals surface area contributed by atoms with E-state index in [1.165, 1.54) is 0 Å². The minimum absolute atomic E-state index is 0.131. The molecule has 0 spiro atoms. The SMILES string of the molecule is CCCNC(Cc1c(Cl)c(C)nn1C)c1ccccc1Cl. The van der Waals surface area contributed by atoms with Gasteiger partial charge in [-0.2, -0.15) is 5.10 Å². The summed E-state index contributed by atoms with van der Waals surface area (Å²) in [5, 5.41) is 9.46. The van der Waals surface area contributed by atoms with E-state index in [-0.39, 0.29) is 6.04 Å². The average Bonchev–Trinajstić information content (AvgIpc) is 2.70. The third-order valence-corrected chi connectivity index (χ3v) is 4.42. The van der Waals surface area contributed by atoms with Crippen LogP contribution in [0, 0.1) is 6.92 Å². The van der Waals surface area contributed by atoms with Gasteiger partial charge in [-0.1, -0.05) is 48.3 Å². The lowest BCUT2D eigenvalue weighted by Gasteiger charge is -2.20. The highest BCUT2D eigenvalue weighted by atomic mass is 35.5. The van der Waals surface area contributed by atoms with Gasteiger partial charge < -0.3 is 5.32 Å². The Morgan fingerprint density at radius 2 is 2.00 bits per heavy atom. The molecule has 21 heavy (non-hydrogen) atoms. The lowest BCUT2D eigenvalue weighted by molar-refractivity contribution is 0.512. The van der Waals surface area contributed by atoms with Crippen LogP contribution >= 0.6 is 23.2 Å². The molecule has 1 unspecified atom stereocenters. The van der Waals surface area contributed by atoms with Crippen molar-refractivity contribution < 1.29 is 0 Å². The van der Waals surface area contributed by atoms with Crippen molar-refractivity contribution in [1.29, 1.82) is 0 Å². The van der Waals surface area contributed by atoms with Crippen molar-refractivity contribution in [2.45, 2.75) is 32.7 Å². The Morgan fingerprint density at radius 1 is 1.29 bits per heavy atom. The Balaban J connectivity index is 2.31. The predicted octanol–water partition coefficient (Wildman–Crippen LogP) is 4.32. The number of halogens is 2. The number of hydrogen-bond acceptors (Lipinski definition) is 2. The summed E-state index contributed by atoms with van der Waals surface area (Å²) in [4.78, 5) is 0. The molecule has 3 nitrogen and oxygen atoms in total. The monoisotopic (exact) mass is 325 g/mol. The topological polar surface area (TPSA) is 29.9 Å². The van der Waals surface area contributed by atoms with Gasteiger partial charge in [0, 0.05) is 24.5 Å². The highest BCUT2D eigenvalue weighted by Gasteiger charge is 2.19. The number of nitrogens with zero attached hydrogens (tertiary/aromatic N) is 2. The van der Waals surface area contributed by atoms with Crippen LogP contribution in [-0.4, -0.2) is 16.3 Å². The van der Waals surface area contributed by atoms with E-state index in [9.17, 15) is 0 Å². The van der Waals surface area contributed by atoms with Crippen LogP contribution in [0.4, 0.5) is 0 Å². The van der Waals surface area contributed by atoms with E-state index in [0.717, 1.165) is 46.4 Å². The van der Waals surface area contributed by atoms with Gasteiger partial charge >= 0.3 is 0 Å². The van der Waals surface area contributed by atoms with Gasteiger partial charge in [0.2, 0.25) is 0 Å². The van der Waals surface area contributed by atoms with E-state index in [2.05, 4.69) is 23.4 Å². The van der Waals surface area contributed by atoms with Crippen LogP contribution in [0.3, 0.4) is 0 Å². The van der Waals surface area contributed by atoms with Crippen molar-refractivity contribution in [3.63, 3.8) is 0 Å². The second kappa shape index (κ2) is 7.30. The van der Waals surface area contributed by atoms with Gasteiger partial charge in [0.05, 0.1) is 16.4 Å². The van der Waals surface area contributed by atoms with Crippen LogP contribution in [0.5, 0.6) is 0 Å². The molecule has 0 bridgehead atoms. The number of benzene rings is 1. The molecular weight excluding hydrogens is 305 g/mol. The van der Waals surface area contributed by atoms with Crippen molar-refractivity contribution in [2.24, 2.45) is 7.05 Å². The molecule has 2 rings (SSSR count). The molecule has 114 valence electrons. The van der Waals surface area contributed by atoms with Gasteiger partial charge in [0.15, 0.2) is 0 Å². The van der Waals surface area contributed by atoms with E-state index in [4.69, 9.17) is 23.2 Å². The maximum absolute atomic E-state index is 6.38. The van der Waals surface area contributed by atoms with Gasteiger partial charge in [-0.3, -0.25) is 4.68 Å². The first-order valence-electron chi connectivity index (χ1n) is 7.20. The number of rotatable bonds is 6. The largest absolute Gasteiger partial charge is 0.310 e. The van der Waals surface area contributed by atoms with E-state index in [0.29, 0.717) is 0 Å². The molecule has 5 heteroatoms. The normalized spacial score (nSPS) is 12.6. The summed E-state index contributed by atoms with van der Waals surface area (Å²) in [5.41, 5.74) is 2.99. The minimum Gasteiger partial charge on any atom is -0.310 e. The maximum Gasteiger partial charge on any atom is 0.0847 e. The van der Waals surface area contributed by atoms with Crippen LogP contribution in [0.2, 0.25) is 10.0 Å². The molecule has 0 aliphatic carbocycles. The zero-order chi connectivity index (χ0) is 15.4. The lowest BCUT2D eigenvalue weighted by atomic mass is 10.0. The summed E-state index contributed by atoms with van der Waals surface area (Å²) in [7, 11) is 1.93. The average molecular weight is 326 g/mol. The molecule has 1 heterocycles. The standard InChI is InChI=1S/C16H21Cl2N3/c1-4-9-19-14(12-7-5-6-8-13(12)17)10-15-16(18)11(2)20-21(15)3/h5-8,14,19H,4,9-10H2,1-3H3. The molecule has 1 aromatic carbocycles. The Labute approximate surface area is 136 Å². The van der Waals surface area contributed by atoms with Crippen LogP contribution in [0.15, 0.2) is 24.3 Å². The first-order valence-corrected chi connectivity index (χ1v) is 7.96. The predicted molar refractivity (Wildman–Crippen MR) is 89.1 cm³/mol. The number of hydrogen-bond donors (Lipinski definition) is 1. The van der Waals surface area contributed by atoms with Gasteiger partial charge in [-0.15, -0.1) is 0 Å². The molecule has 0 fully saturated rings. The van der Waals surface area contributed by atoms with Crippen molar-refractivity contribution >= 4 is 23.2 Å². The third kappa shape index (κ3) is 3.79. The van der Waals surface area contributed by atoms with Crippen LogP contribution in [0.1, 0.15) is 36.3 Å². The van der Waals surface area contributed by atoms with E-state index >= 15 is 0 Å². The first-order chi connectivity index (χ1) is 10.0. The molecule has 2 aromatic rings. The molecule has 0 radical (unpaired) electrons.